The van der Waals surface area contributed by atoms with E-state index in [0.717, 1.165) is 29.2 Å². The van der Waals surface area contributed by atoms with E-state index >= 15 is 0 Å². The fraction of sp³-hybridized carbons (Fsp3) is 0.391. The van der Waals surface area contributed by atoms with Crippen LogP contribution in [0.25, 0.3) is 10.2 Å². The number of hydrogen-bond acceptors (Lipinski definition) is 8. The number of thioether (sulfide) groups is 1. The fourth-order valence-electron chi connectivity index (χ4n) is 3.49. The molecule has 34 heavy (non-hydrogen) atoms. The maximum Gasteiger partial charge on any atom is 0.239 e. The summed E-state index contributed by atoms with van der Waals surface area (Å²) in [6, 6.07) is 13.0. The van der Waals surface area contributed by atoms with Gasteiger partial charge in [0.1, 0.15) is 0 Å². The highest BCUT2D eigenvalue weighted by Gasteiger charge is 2.22. The van der Waals surface area contributed by atoms with Gasteiger partial charge in [0.2, 0.25) is 5.91 Å². The quantitative estimate of drug-likeness (QED) is 0.400. The average molecular weight is 542 g/mol. The van der Waals surface area contributed by atoms with E-state index in [1.807, 2.05) is 31.2 Å². The number of morpholine rings is 1. The van der Waals surface area contributed by atoms with Crippen LogP contribution in [0.5, 0.6) is 0 Å². The van der Waals surface area contributed by atoms with Gasteiger partial charge >= 0.3 is 0 Å². The van der Waals surface area contributed by atoms with Crippen molar-refractivity contribution < 1.29 is 17.9 Å². The molecule has 2 heterocycles. The summed E-state index contributed by atoms with van der Waals surface area (Å²) in [6.45, 7) is 6.38. The van der Waals surface area contributed by atoms with Crippen molar-refractivity contribution in [1.82, 2.24) is 9.88 Å². The van der Waals surface area contributed by atoms with E-state index in [0.29, 0.717) is 36.2 Å². The van der Waals surface area contributed by atoms with Gasteiger partial charge in [-0.2, -0.15) is 0 Å². The molecule has 4 rings (SSSR count). The van der Waals surface area contributed by atoms with E-state index in [-0.39, 0.29) is 23.2 Å². The molecule has 0 atom stereocenters. The minimum atomic E-state index is -3.31. The summed E-state index contributed by atoms with van der Waals surface area (Å²) in [5.41, 5.74) is 1.87. The van der Waals surface area contributed by atoms with Gasteiger partial charge in [-0.15, -0.1) is 24.2 Å². The van der Waals surface area contributed by atoms with E-state index in [9.17, 15) is 13.2 Å². The Hall–Kier alpha value is -1.69. The topological polar surface area (TPSA) is 79.8 Å². The van der Waals surface area contributed by atoms with E-state index in [4.69, 9.17) is 4.74 Å². The van der Waals surface area contributed by atoms with Gasteiger partial charge in [-0.1, -0.05) is 29.0 Å². The van der Waals surface area contributed by atoms with Crippen molar-refractivity contribution in [3.8, 4) is 0 Å². The van der Waals surface area contributed by atoms with Crippen LogP contribution in [0.15, 0.2) is 52.3 Å². The lowest BCUT2D eigenvalue weighted by Gasteiger charge is -2.29. The lowest BCUT2D eigenvalue weighted by molar-refractivity contribution is -0.116. The van der Waals surface area contributed by atoms with Gasteiger partial charge in [0.25, 0.3) is 0 Å². The predicted molar refractivity (Wildman–Crippen MR) is 141 cm³/mol. The SMILES string of the molecule is Cc1ccc(SCC(=O)N(CCN2CCOCC2)c2nc3ccc(S(C)(=O)=O)cc3s2)cc1.Cl. The average Bonchev–Trinajstić information content (AvgIpc) is 3.22. The monoisotopic (exact) mass is 541 g/mol. The van der Waals surface area contributed by atoms with Gasteiger partial charge in [-0.05, 0) is 37.3 Å². The van der Waals surface area contributed by atoms with Gasteiger partial charge in [-0.25, -0.2) is 13.4 Å². The number of anilines is 1. The Labute approximate surface area is 214 Å². The van der Waals surface area contributed by atoms with Crippen molar-refractivity contribution >= 4 is 66.6 Å². The molecule has 184 valence electrons. The molecule has 0 saturated carbocycles. The minimum Gasteiger partial charge on any atom is -0.379 e. The highest BCUT2D eigenvalue weighted by atomic mass is 35.5. The second-order valence-corrected chi connectivity index (χ2v) is 12.1. The number of aromatic nitrogens is 1. The molecule has 0 spiro atoms. The molecule has 1 fully saturated rings. The first-order valence-electron chi connectivity index (χ1n) is 10.7. The number of halogens is 1. The molecule has 0 N–H and O–H groups in total. The highest BCUT2D eigenvalue weighted by molar-refractivity contribution is 8.00. The van der Waals surface area contributed by atoms with Crippen LogP contribution in [0.1, 0.15) is 5.56 Å². The summed E-state index contributed by atoms with van der Waals surface area (Å²) < 4.78 is 30.1. The number of benzene rings is 2. The van der Waals surface area contributed by atoms with Crippen LogP contribution < -0.4 is 4.90 Å². The Morgan fingerprint density at radius 1 is 1.18 bits per heavy atom. The summed E-state index contributed by atoms with van der Waals surface area (Å²) in [7, 11) is -3.31. The van der Waals surface area contributed by atoms with Crippen LogP contribution in [0.3, 0.4) is 0 Å². The number of carbonyl (C=O) groups excluding carboxylic acids is 1. The summed E-state index contributed by atoms with van der Waals surface area (Å²) >= 11 is 2.86. The van der Waals surface area contributed by atoms with Crippen molar-refractivity contribution in [3.63, 3.8) is 0 Å². The molecule has 1 aliphatic heterocycles. The molecule has 1 saturated heterocycles. The lowest BCUT2D eigenvalue weighted by atomic mass is 10.2. The number of amides is 1. The molecule has 3 aromatic rings. The van der Waals surface area contributed by atoms with Crippen molar-refractivity contribution in [2.45, 2.75) is 16.7 Å². The van der Waals surface area contributed by atoms with E-state index in [1.165, 1.54) is 34.9 Å². The number of aryl methyl sites for hydroxylation is 1. The number of hydrogen-bond donors (Lipinski definition) is 0. The Balaban J connectivity index is 0.00000324. The van der Waals surface area contributed by atoms with Crippen molar-refractivity contribution in [2.24, 2.45) is 0 Å². The van der Waals surface area contributed by atoms with Crippen LogP contribution in [0.2, 0.25) is 0 Å². The number of sulfone groups is 1. The number of thiazole rings is 1. The Kier molecular flexibility index (Phi) is 9.36. The standard InChI is InChI=1S/C23H27N3O4S3.ClH/c1-17-3-5-18(6-4-17)31-16-22(27)26(10-9-25-11-13-30-14-12-25)23-24-20-8-7-19(33(2,28)29)15-21(20)32-23;/h3-8,15H,9-14,16H2,1-2H3;1H. The second kappa shape index (κ2) is 11.8. The highest BCUT2D eigenvalue weighted by Crippen LogP contribution is 2.31. The summed E-state index contributed by atoms with van der Waals surface area (Å²) in [5.74, 6) is 0.285. The van der Waals surface area contributed by atoms with Crippen molar-refractivity contribution in [3.05, 3.63) is 48.0 Å². The van der Waals surface area contributed by atoms with Gasteiger partial charge < -0.3 is 4.74 Å². The second-order valence-electron chi connectivity index (χ2n) is 8.00. The Bertz CT molecular complexity index is 1230. The number of nitrogens with zero attached hydrogens (tertiary/aromatic N) is 3. The first kappa shape index (κ1) is 26.9. The summed E-state index contributed by atoms with van der Waals surface area (Å²) in [5, 5.41) is 0.596. The van der Waals surface area contributed by atoms with Crippen LogP contribution in [0, 0.1) is 6.92 Å². The van der Waals surface area contributed by atoms with Gasteiger partial charge in [0.05, 0.1) is 34.1 Å². The van der Waals surface area contributed by atoms with E-state index in [1.54, 1.807) is 23.1 Å². The third kappa shape index (κ3) is 6.93. The van der Waals surface area contributed by atoms with Crippen molar-refractivity contribution in [1.29, 1.82) is 0 Å². The lowest BCUT2D eigenvalue weighted by Crippen LogP contribution is -2.43. The summed E-state index contributed by atoms with van der Waals surface area (Å²) in [4.78, 5) is 23.3. The smallest absolute Gasteiger partial charge is 0.239 e. The molecule has 0 radical (unpaired) electrons. The summed E-state index contributed by atoms with van der Waals surface area (Å²) in [6.07, 6.45) is 1.19. The molecule has 1 aliphatic rings. The molecule has 2 aromatic carbocycles. The third-order valence-corrected chi connectivity index (χ3v) is 8.58. The molecule has 0 aliphatic carbocycles. The molecule has 1 amide bonds. The van der Waals surface area contributed by atoms with Crippen LogP contribution in [-0.4, -0.2) is 75.6 Å². The van der Waals surface area contributed by atoms with Crippen molar-refractivity contribution in [2.75, 3.05) is 56.3 Å². The zero-order valence-electron chi connectivity index (χ0n) is 19.1. The predicted octanol–water partition coefficient (Wildman–Crippen LogP) is 3.89. The number of carbonyl (C=O) groups is 1. The largest absolute Gasteiger partial charge is 0.379 e. The Morgan fingerprint density at radius 2 is 1.88 bits per heavy atom. The number of fused-ring (bicyclic) bond motifs is 1. The molecular weight excluding hydrogens is 514 g/mol. The first-order chi connectivity index (χ1) is 15.8. The number of rotatable bonds is 8. The van der Waals surface area contributed by atoms with Crippen LogP contribution in [-0.2, 0) is 19.4 Å². The number of ether oxygens (including phenoxy) is 1. The normalized spacial score (nSPS) is 14.6. The molecular formula is C23H28ClN3O4S3. The molecule has 1 aromatic heterocycles. The Morgan fingerprint density at radius 3 is 2.56 bits per heavy atom. The fourth-order valence-corrected chi connectivity index (χ4v) is 6.03. The zero-order valence-corrected chi connectivity index (χ0v) is 22.4. The third-order valence-electron chi connectivity index (χ3n) is 5.44. The van der Waals surface area contributed by atoms with Crippen LogP contribution in [0.4, 0.5) is 5.13 Å². The molecule has 0 bridgehead atoms. The van der Waals surface area contributed by atoms with E-state index in [2.05, 4.69) is 9.88 Å². The molecule has 11 heteroatoms. The van der Waals surface area contributed by atoms with Gasteiger partial charge in [0.15, 0.2) is 15.0 Å². The maximum absolute atomic E-state index is 13.3. The zero-order chi connectivity index (χ0) is 23.4. The first-order valence-corrected chi connectivity index (χ1v) is 14.4. The minimum absolute atomic E-state index is 0. The van der Waals surface area contributed by atoms with Gasteiger partial charge in [-0.3, -0.25) is 14.6 Å². The molecule has 7 nitrogen and oxygen atoms in total. The maximum atomic E-state index is 13.3. The van der Waals surface area contributed by atoms with E-state index < -0.39 is 9.84 Å². The molecule has 0 unspecified atom stereocenters. The van der Waals surface area contributed by atoms with Gasteiger partial charge in [0, 0.05) is 37.3 Å². The van der Waals surface area contributed by atoms with Crippen LogP contribution >= 0.6 is 35.5 Å².